The van der Waals surface area contributed by atoms with Crippen molar-refractivity contribution in [3.63, 3.8) is 0 Å². The van der Waals surface area contributed by atoms with E-state index in [4.69, 9.17) is 25.5 Å². The Balaban J connectivity index is 1.88. The third kappa shape index (κ3) is 8.97. The van der Waals surface area contributed by atoms with Crippen LogP contribution in [0.3, 0.4) is 0 Å². The lowest BCUT2D eigenvalue weighted by molar-refractivity contribution is -0.154. The fraction of sp³-hybridized carbons (Fsp3) is 0.765. The van der Waals surface area contributed by atoms with Crippen molar-refractivity contribution in [2.45, 2.75) is 129 Å². The maximum atomic E-state index is 14.1. The molecule has 0 radical (unpaired) electrons. The first kappa shape index (κ1) is 35.8. The summed E-state index contributed by atoms with van der Waals surface area (Å²) in [7, 11) is -0.522. The zero-order valence-corrected chi connectivity index (χ0v) is 30.0. The summed E-state index contributed by atoms with van der Waals surface area (Å²) >= 11 is 6.82. The van der Waals surface area contributed by atoms with Crippen LogP contribution in [0.5, 0.6) is 0 Å². The van der Waals surface area contributed by atoms with Crippen LogP contribution in [0.1, 0.15) is 98.6 Å². The smallest absolute Gasteiger partial charge is 0.408 e. The molecule has 1 unspecified atom stereocenters. The van der Waals surface area contributed by atoms with Crippen molar-refractivity contribution >= 4 is 32.0 Å². The van der Waals surface area contributed by atoms with E-state index in [2.05, 4.69) is 60.0 Å². The van der Waals surface area contributed by atoms with E-state index in [0.717, 1.165) is 31.2 Å². The van der Waals surface area contributed by atoms with E-state index in [-0.39, 0.29) is 29.2 Å². The van der Waals surface area contributed by atoms with Gasteiger partial charge in [-0.05, 0) is 92.1 Å². The minimum atomic E-state index is -1.90. The molecule has 1 N–H and O–H groups in total. The second-order valence-electron chi connectivity index (χ2n) is 16.2. The second-order valence-corrected chi connectivity index (χ2v) is 21.4. The zero-order chi connectivity index (χ0) is 32.6. The molecule has 2 aliphatic carbocycles. The Bertz CT molecular complexity index is 1150. The van der Waals surface area contributed by atoms with Crippen LogP contribution >= 0.6 is 11.6 Å². The van der Waals surface area contributed by atoms with Gasteiger partial charge in [-0.1, -0.05) is 65.3 Å². The molecule has 43 heavy (non-hydrogen) atoms. The number of alkyl halides is 1. The molecule has 2 atom stereocenters. The van der Waals surface area contributed by atoms with Gasteiger partial charge < -0.3 is 19.2 Å². The van der Waals surface area contributed by atoms with E-state index in [1.165, 1.54) is 14.0 Å². The number of alkyl carbamates (subject to hydrolysis) is 1. The first-order chi connectivity index (χ1) is 19.6. The van der Waals surface area contributed by atoms with Crippen LogP contribution in [0, 0.1) is 23.2 Å². The predicted molar refractivity (Wildman–Crippen MR) is 174 cm³/mol. The number of rotatable bonds is 11. The third-order valence-corrected chi connectivity index (χ3v) is 14.9. The van der Waals surface area contributed by atoms with Crippen LogP contribution in [0.15, 0.2) is 18.2 Å². The standard InChI is InChI=1S/C34H55ClFNO5Si/c1-31(2,3)15-14-23-12-13-25(18-27(23)35)34(8,37-30(39)42-26-19-33(7,36)20-26)28(29(38)40-9)24-16-22(17-24)21-41-43(10,11)32(4,5)6/h12-13,18,22,24,26,28H,14-17,19-21H2,1-11H3,(H,37,39)/t22?,24?,26?,28?,33?,34-/m0/s1. The Hall–Kier alpha value is -1.64. The van der Waals surface area contributed by atoms with E-state index in [9.17, 15) is 14.0 Å². The lowest BCUT2D eigenvalue weighted by Crippen LogP contribution is -2.57. The van der Waals surface area contributed by atoms with Gasteiger partial charge in [-0.25, -0.2) is 9.18 Å². The van der Waals surface area contributed by atoms with Crippen LogP contribution in [-0.2, 0) is 30.7 Å². The Labute approximate surface area is 265 Å². The van der Waals surface area contributed by atoms with Gasteiger partial charge >= 0.3 is 12.1 Å². The number of amides is 1. The largest absolute Gasteiger partial charge is 0.469 e. The van der Waals surface area contributed by atoms with Crippen LogP contribution in [0.25, 0.3) is 0 Å². The lowest BCUT2D eigenvalue weighted by Gasteiger charge is -2.48. The third-order valence-electron chi connectivity index (χ3n) is 10.0. The van der Waals surface area contributed by atoms with Gasteiger partial charge in [-0.15, -0.1) is 0 Å². The highest BCUT2D eigenvalue weighted by atomic mass is 35.5. The van der Waals surface area contributed by atoms with Crippen molar-refractivity contribution in [1.82, 2.24) is 5.32 Å². The van der Waals surface area contributed by atoms with Gasteiger partial charge in [0, 0.05) is 24.5 Å². The number of methoxy groups -OCH3 is 1. The molecule has 0 saturated heterocycles. The van der Waals surface area contributed by atoms with Gasteiger partial charge in [-0.3, -0.25) is 4.79 Å². The topological polar surface area (TPSA) is 73.9 Å². The summed E-state index contributed by atoms with van der Waals surface area (Å²) in [5.74, 6) is -0.797. The van der Waals surface area contributed by atoms with E-state index in [1.54, 1.807) is 0 Å². The Morgan fingerprint density at radius 2 is 1.72 bits per heavy atom. The number of hydrogen-bond donors (Lipinski definition) is 1. The maximum absolute atomic E-state index is 14.1. The Morgan fingerprint density at radius 1 is 1.12 bits per heavy atom. The molecular weight excluding hydrogens is 585 g/mol. The predicted octanol–water partition coefficient (Wildman–Crippen LogP) is 8.99. The monoisotopic (exact) mass is 639 g/mol. The maximum Gasteiger partial charge on any atom is 0.408 e. The minimum absolute atomic E-state index is 0.0389. The molecule has 2 aliphatic rings. The van der Waals surface area contributed by atoms with E-state index < -0.39 is 43.6 Å². The number of aryl methyl sites for hydroxylation is 1. The molecule has 1 aromatic rings. The number of ether oxygens (including phenoxy) is 2. The zero-order valence-electron chi connectivity index (χ0n) is 28.3. The van der Waals surface area contributed by atoms with E-state index in [0.29, 0.717) is 23.1 Å². The fourth-order valence-electron chi connectivity index (χ4n) is 6.04. The number of carbonyl (C=O) groups excluding carboxylic acids is 2. The van der Waals surface area contributed by atoms with Crippen molar-refractivity contribution in [3.05, 3.63) is 34.3 Å². The molecule has 0 spiro atoms. The van der Waals surface area contributed by atoms with Crippen molar-refractivity contribution in [2.75, 3.05) is 13.7 Å². The van der Waals surface area contributed by atoms with Crippen LogP contribution in [0.4, 0.5) is 9.18 Å². The molecule has 2 fully saturated rings. The molecule has 244 valence electrons. The molecule has 6 nitrogen and oxygen atoms in total. The van der Waals surface area contributed by atoms with Crippen molar-refractivity contribution in [2.24, 2.45) is 23.2 Å². The summed E-state index contributed by atoms with van der Waals surface area (Å²) in [5, 5.41) is 3.73. The molecular formula is C34H55ClFNO5Si. The molecule has 0 heterocycles. The van der Waals surface area contributed by atoms with Crippen molar-refractivity contribution < 1.29 is 27.9 Å². The van der Waals surface area contributed by atoms with Crippen molar-refractivity contribution in [1.29, 1.82) is 0 Å². The number of halogens is 2. The lowest BCUT2D eigenvalue weighted by atomic mass is 9.61. The average Bonchev–Trinajstić information content (AvgIpc) is 2.81. The molecule has 0 aliphatic heterocycles. The number of nitrogens with one attached hydrogen (secondary N) is 1. The summed E-state index contributed by atoms with van der Waals surface area (Å²) in [6.07, 6.45) is 2.48. The summed E-state index contributed by atoms with van der Waals surface area (Å²) in [6, 6.07) is 5.79. The van der Waals surface area contributed by atoms with Crippen LogP contribution in [0.2, 0.25) is 23.2 Å². The first-order valence-electron chi connectivity index (χ1n) is 15.8. The SMILES string of the molecule is COC(=O)C(C1CC(CO[Si](C)(C)C(C)(C)C)C1)[C@@](C)(NC(=O)OC1CC(C)(F)C1)c1ccc(CCC(C)(C)C)c(Cl)c1. The molecule has 1 amide bonds. The van der Waals surface area contributed by atoms with Gasteiger partial charge in [0.15, 0.2) is 8.32 Å². The molecule has 1 aromatic carbocycles. The summed E-state index contributed by atoms with van der Waals surface area (Å²) in [4.78, 5) is 26.8. The fourth-order valence-corrected chi connectivity index (χ4v) is 7.40. The summed E-state index contributed by atoms with van der Waals surface area (Å²) in [5.41, 5.74) is -0.622. The van der Waals surface area contributed by atoms with Gasteiger partial charge in [0.1, 0.15) is 11.8 Å². The first-order valence-corrected chi connectivity index (χ1v) is 19.0. The van der Waals surface area contributed by atoms with Gasteiger partial charge in [0.2, 0.25) is 0 Å². The Morgan fingerprint density at radius 3 is 2.21 bits per heavy atom. The quantitative estimate of drug-likeness (QED) is 0.193. The second kappa shape index (κ2) is 13.0. The molecule has 2 saturated carbocycles. The van der Waals surface area contributed by atoms with E-state index in [1.807, 2.05) is 25.1 Å². The highest BCUT2D eigenvalue weighted by molar-refractivity contribution is 6.74. The van der Waals surface area contributed by atoms with Crippen molar-refractivity contribution in [3.8, 4) is 0 Å². The molecule has 9 heteroatoms. The minimum Gasteiger partial charge on any atom is -0.469 e. The molecule has 3 rings (SSSR count). The highest BCUT2D eigenvalue weighted by Gasteiger charge is 2.52. The molecule has 0 aromatic heterocycles. The summed E-state index contributed by atoms with van der Waals surface area (Å²) in [6.45, 7) is 21.8. The number of hydrogen-bond acceptors (Lipinski definition) is 5. The number of carbonyl (C=O) groups is 2. The van der Waals surface area contributed by atoms with Gasteiger partial charge in [0.25, 0.3) is 0 Å². The highest BCUT2D eigenvalue weighted by Crippen LogP contribution is 2.48. The van der Waals surface area contributed by atoms with Gasteiger partial charge in [0.05, 0.1) is 18.6 Å². The van der Waals surface area contributed by atoms with Crippen LogP contribution in [-0.4, -0.2) is 45.9 Å². The van der Waals surface area contributed by atoms with E-state index >= 15 is 0 Å². The van der Waals surface area contributed by atoms with Gasteiger partial charge in [-0.2, -0.15) is 0 Å². The summed E-state index contributed by atoms with van der Waals surface area (Å²) < 4.78 is 31.5. The molecule has 0 bridgehead atoms. The average molecular weight is 640 g/mol. The van der Waals surface area contributed by atoms with Crippen LogP contribution < -0.4 is 5.32 Å². The normalized spacial score (nSPS) is 26.4. The number of esters is 1. The Kier molecular flexibility index (Phi) is 10.8. The number of benzene rings is 1.